The fraction of sp³-hybridized carbons (Fsp3) is 0.667. The third kappa shape index (κ3) is 1.31. The molecule has 1 aromatic heterocycles. The van der Waals surface area contributed by atoms with Crippen LogP contribution in [-0.4, -0.2) is 11.5 Å². The van der Waals surface area contributed by atoms with Crippen LogP contribution in [0.15, 0.2) is 9.21 Å². The number of H-pyrrole nitrogens is 1. The first-order valence-electron chi connectivity index (χ1n) is 4.58. The van der Waals surface area contributed by atoms with Gasteiger partial charge < -0.3 is 10.2 Å². The zero-order valence-corrected chi connectivity index (χ0v) is 7.72. The maximum absolute atomic E-state index is 10.9. The van der Waals surface area contributed by atoms with Crippen LogP contribution in [0.3, 0.4) is 0 Å². The molecule has 1 fully saturated rings. The molecule has 0 unspecified atom stereocenters. The lowest BCUT2D eigenvalue weighted by molar-refractivity contribution is 0.410. The molecule has 0 atom stereocenters. The van der Waals surface area contributed by atoms with Crippen LogP contribution in [0, 0.1) is 6.92 Å². The van der Waals surface area contributed by atoms with E-state index in [1.54, 1.807) is 0 Å². The summed E-state index contributed by atoms with van der Waals surface area (Å²) in [6.45, 7) is 2.52. The highest BCUT2D eigenvalue weighted by Crippen LogP contribution is 2.51. The highest BCUT2D eigenvalue weighted by Gasteiger charge is 2.47. The van der Waals surface area contributed by atoms with Gasteiger partial charge in [0, 0.05) is 5.41 Å². The van der Waals surface area contributed by atoms with E-state index >= 15 is 0 Å². The summed E-state index contributed by atoms with van der Waals surface area (Å²) < 4.78 is 5.13. The van der Waals surface area contributed by atoms with E-state index in [0.29, 0.717) is 6.54 Å². The summed E-state index contributed by atoms with van der Waals surface area (Å²) >= 11 is 0. The van der Waals surface area contributed by atoms with E-state index in [4.69, 9.17) is 10.2 Å². The second-order valence-corrected chi connectivity index (χ2v) is 3.79. The van der Waals surface area contributed by atoms with E-state index < -0.39 is 0 Å². The van der Waals surface area contributed by atoms with Gasteiger partial charge in [0.1, 0.15) is 5.76 Å². The molecular formula is C9H14N2O2. The predicted molar refractivity (Wildman–Crippen MR) is 48.6 cm³/mol. The first-order valence-corrected chi connectivity index (χ1v) is 4.58. The molecule has 0 bridgehead atoms. The van der Waals surface area contributed by atoms with E-state index in [-0.39, 0.29) is 11.2 Å². The first-order chi connectivity index (χ1) is 6.18. The van der Waals surface area contributed by atoms with Crippen molar-refractivity contribution >= 4 is 0 Å². The third-order valence-electron chi connectivity index (χ3n) is 2.78. The van der Waals surface area contributed by atoms with Crippen LogP contribution in [-0.2, 0) is 5.41 Å². The molecule has 2 rings (SSSR count). The highest BCUT2D eigenvalue weighted by molar-refractivity contribution is 5.25. The Labute approximate surface area is 76.1 Å². The topological polar surface area (TPSA) is 72.0 Å². The van der Waals surface area contributed by atoms with Gasteiger partial charge in [0.25, 0.3) is 0 Å². The zero-order chi connectivity index (χ0) is 9.47. The molecule has 13 heavy (non-hydrogen) atoms. The molecule has 0 amide bonds. The average Bonchev–Trinajstić information content (AvgIpc) is 2.74. The van der Waals surface area contributed by atoms with Crippen molar-refractivity contribution in [1.82, 2.24) is 4.98 Å². The number of aromatic amines is 1. The molecule has 1 aliphatic rings. The number of oxazole rings is 1. The summed E-state index contributed by atoms with van der Waals surface area (Å²) in [5, 5.41) is 0. The molecular weight excluding hydrogens is 168 g/mol. The predicted octanol–water partition coefficient (Wildman–Crippen LogP) is 0.657. The highest BCUT2D eigenvalue weighted by atomic mass is 16.4. The molecule has 0 aliphatic heterocycles. The van der Waals surface area contributed by atoms with Crippen LogP contribution in [0.2, 0.25) is 0 Å². The Bertz CT molecular complexity index is 360. The fourth-order valence-electron chi connectivity index (χ4n) is 1.93. The molecule has 1 aliphatic carbocycles. The minimum Gasteiger partial charge on any atom is -0.412 e. The lowest BCUT2D eigenvalue weighted by Crippen LogP contribution is -2.13. The van der Waals surface area contributed by atoms with Crippen molar-refractivity contribution in [3.05, 3.63) is 22.0 Å². The summed E-state index contributed by atoms with van der Waals surface area (Å²) in [5.41, 5.74) is 6.46. The number of hydrogen-bond donors (Lipinski definition) is 2. The Hall–Kier alpha value is -1.03. The van der Waals surface area contributed by atoms with E-state index in [1.807, 2.05) is 6.92 Å². The van der Waals surface area contributed by atoms with Gasteiger partial charge in [0.15, 0.2) is 0 Å². The van der Waals surface area contributed by atoms with Crippen LogP contribution in [0.4, 0.5) is 0 Å². The smallest absolute Gasteiger partial charge is 0.412 e. The van der Waals surface area contributed by atoms with Gasteiger partial charge in [-0.25, -0.2) is 4.79 Å². The van der Waals surface area contributed by atoms with Crippen molar-refractivity contribution in [3.63, 3.8) is 0 Å². The van der Waals surface area contributed by atoms with Crippen LogP contribution in [0.1, 0.15) is 30.7 Å². The monoisotopic (exact) mass is 182 g/mol. The van der Waals surface area contributed by atoms with E-state index in [2.05, 4.69) is 4.98 Å². The third-order valence-corrected chi connectivity index (χ3v) is 2.78. The molecule has 0 aromatic carbocycles. The van der Waals surface area contributed by atoms with Gasteiger partial charge in [-0.2, -0.15) is 0 Å². The van der Waals surface area contributed by atoms with Gasteiger partial charge in [-0.05, 0) is 32.7 Å². The van der Waals surface area contributed by atoms with Crippen molar-refractivity contribution in [3.8, 4) is 0 Å². The van der Waals surface area contributed by atoms with E-state index in [1.165, 1.54) is 0 Å². The normalized spacial score (nSPS) is 18.9. The minimum absolute atomic E-state index is 0.0813. The molecule has 1 aromatic rings. The lowest BCUT2D eigenvalue weighted by Gasteiger charge is -2.10. The van der Waals surface area contributed by atoms with E-state index in [9.17, 15) is 4.79 Å². The summed E-state index contributed by atoms with van der Waals surface area (Å²) in [5.74, 6) is 0.471. The lowest BCUT2D eigenvalue weighted by atomic mass is 9.98. The Kier molecular flexibility index (Phi) is 1.80. The van der Waals surface area contributed by atoms with E-state index in [0.717, 1.165) is 30.7 Å². The zero-order valence-electron chi connectivity index (χ0n) is 7.72. The number of rotatable bonds is 3. The van der Waals surface area contributed by atoms with Crippen molar-refractivity contribution in [2.24, 2.45) is 5.73 Å². The summed E-state index contributed by atoms with van der Waals surface area (Å²) in [6.07, 6.45) is 3.09. The Balaban J connectivity index is 2.34. The van der Waals surface area contributed by atoms with Crippen molar-refractivity contribution in [2.75, 3.05) is 6.54 Å². The Morgan fingerprint density at radius 3 is 2.69 bits per heavy atom. The van der Waals surface area contributed by atoms with Gasteiger partial charge in [-0.15, -0.1) is 0 Å². The fourth-order valence-corrected chi connectivity index (χ4v) is 1.93. The van der Waals surface area contributed by atoms with Gasteiger partial charge in [-0.3, -0.25) is 4.98 Å². The number of nitrogens with two attached hydrogens (primary N) is 1. The maximum Gasteiger partial charge on any atom is 0.416 e. The van der Waals surface area contributed by atoms with Crippen molar-refractivity contribution in [2.45, 2.75) is 31.6 Å². The molecule has 0 saturated heterocycles. The average molecular weight is 182 g/mol. The summed E-state index contributed by atoms with van der Waals surface area (Å²) in [4.78, 5) is 13.6. The molecule has 1 heterocycles. The van der Waals surface area contributed by atoms with Crippen LogP contribution < -0.4 is 11.5 Å². The standard InChI is InChI=1S/C9H14N2O2/c1-6-7(13-8(12)11-6)9(2-3-9)4-5-10/h2-5,10H2,1H3,(H,11,12). The second-order valence-electron chi connectivity index (χ2n) is 3.79. The second kappa shape index (κ2) is 2.73. The van der Waals surface area contributed by atoms with Gasteiger partial charge in [0.2, 0.25) is 0 Å². The quantitative estimate of drug-likeness (QED) is 0.721. The molecule has 4 heteroatoms. The van der Waals surface area contributed by atoms with Gasteiger partial charge in [0.05, 0.1) is 5.69 Å². The summed E-state index contributed by atoms with van der Waals surface area (Å²) in [7, 11) is 0. The van der Waals surface area contributed by atoms with Gasteiger partial charge in [-0.1, -0.05) is 0 Å². The minimum atomic E-state index is -0.351. The van der Waals surface area contributed by atoms with Crippen LogP contribution in [0.25, 0.3) is 0 Å². The summed E-state index contributed by atoms with van der Waals surface area (Å²) in [6, 6.07) is 0. The molecule has 4 nitrogen and oxygen atoms in total. The maximum atomic E-state index is 10.9. The Morgan fingerprint density at radius 2 is 2.31 bits per heavy atom. The van der Waals surface area contributed by atoms with Crippen LogP contribution in [0.5, 0.6) is 0 Å². The Morgan fingerprint density at radius 1 is 1.62 bits per heavy atom. The SMILES string of the molecule is Cc1[nH]c(=O)oc1C1(CCN)CC1. The van der Waals surface area contributed by atoms with Crippen molar-refractivity contribution < 1.29 is 4.42 Å². The molecule has 72 valence electrons. The number of aromatic nitrogens is 1. The molecule has 1 saturated carbocycles. The van der Waals surface area contributed by atoms with Crippen molar-refractivity contribution in [1.29, 1.82) is 0 Å². The number of nitrogens with one attached hydrogen (secondary N) is 1. The first kappa shape index (κ1) is 8.56. The number of hydrogen-bond acceptors (Lipinski definition) is 3. The molecule has 0 spiro atoms. The molecule has 3 N–H and O–H groups in total. The van der Waals surface area contributed by atoms with Gasteiger partial charge >= 0.3 is 5.76 Å². The molecule has 0 radical (unpaired) electrons. The van der Waals surface area contributed by atoms with Crippen LogP contribution >= 0.6 is 0 Å². The number of aryl methyl sites for hydroxylation is 1. The largest absolute Gasteiger partial charge is 0.416 e.